The van der Waals surface area contributed by atoms with E-state index in [4.69, 9.17) is 23.2 Å². The Morgan fingerprint density at radius 2 is 1.62 bits per heavy atom. The Morgan fingerprint density at radius 1 is 0.952 bits per heavy atom. The van der Waals surface area contributed by atoms with Gasteiger partial charge in [0.1, 0.15) is 18.4 Å². The molecule has 2 amide bonds. The van der Waals surface area contributed by atoms with E-state index in [0.717, 1.165) is 60.4 Å². The van der Waals surface area contributed by atoms with Gasteiger partial charge in [-0.05, 0) is 48.2 Å². The quantitative estimate of drug-likeness (QED) is 0.281. The van der Waals surface area contributed by atoms with Crippen LogP contribution in [0.2, 0.25) is 10.0 Å². The molecule has 4 rings (SSSR count). The minimum absolute atomic E-state index is 0.00402. The third-order valence-electron chi connectivity index (χ3n) is 7.39. The first kappa shape index (κ1) is 31.8. The number of sulfonamides is 1. The van der Waals surface area contributed by atoms with Gasteiger partial charge in [-0.3, -0.25) is 13.9 Å². The highest BCUT2D eigenvalue weighted by Crippen LogP contribution is 2.26. The molecule has 1 aliphatic rings. The van der Waals surface area contributed by atoms with Crippen molar-refractivity contribution in [1.29, 1.82) is 0 Å². The Bertz CT molecular complexity index is 1500. The standard InChI is InChI=1S/C31H34Cl2FN3O4S/c1-42(40,41)37(25-16-17-28(34)27(33)19-25)21-30(38)36(20-23-12-8-9-15-26(23)32)29(18-22-10-4-2-5-11-22)31(39)35-24-13-6-3-7-14-24/h2,4-5,8-12,15-17,19,24,29H,3,6-7,13-14,18,20-21H2,1H3,(H,35,39)/t29-/m1/s1. The molecule has 1 saturated carbocycles. The van der Waals surface area contributed by atoms with Crippen LogP contribution in [-0.2, 0) is 32.6 Å². The van der Waals surface area contributed by atoms with Crippen molar-refractivity contribution in [2.75, 3.05) is 17.1 Å². The molecule has 0 spiro atoms. The zero-order valence-electron chi connectivity index (χ0n) is 23.3. The summed E-state index contributed by atoms with van der Waals surface area (Å²) in [5.74, 6) is -1.66. The number of benzene rings is 3. The molecule has 7 nitrogen and oxygen atoms in total. The van der Waals surface area contributed by atoms with Crippen LogP contribution in [0.25, 0.3) is 0 Å². The Balaban J connectivity index is 1.74. The van der Waals surface area contributed by atoms with Crippen LogP contribution in [0, 0.1) is 5.82 Å². The normalized spacial score (nSPS) is 14.7. The molecule has 0 heterocycles. The van der Waals surface area contributed by atoms with Gasteiger partial charge < -0.3 is 10.2 Å². The topological polar surface area (TPSA) is 86.8 Å². The Labute approximate surface area is 256 Å². The fraction of sp³-hybridized carbons (Fsp3) is 0.355. The maximum absolute atomic E-state index is 14.2. The fourth-order valence-electron chi connectivity index (χ4n) is 5.16. The number of nitrogens with one attached hydrogen (secondary N) is 1. The molecular formula is C31H34Cl2FN3O4S. The number of nitrogens with zero attached hydrogens (tertiary/aromatic N) is 2. The Hall–Kier alpha value is -3.14. The van der Waals surface area contributed by atoms with E-state index in [0.29, 0.717) is 10.6 Å². The lowest BCUT2D eigenvalue weighted by molar-refractivity contribution is -0.140. The van der Waals surface area contributed by atoms with Gasteiger partial charge in [0.15, 0.2) is 0 Å². The highest BCUT2D eigenvalue weighted by atomic mass is 35.5. The van der Waals surface area contributed by atoms with Crippen molar-refractivity contribution >= 4 is 50.7 Å². The van der Waals surface area contributed by atoms with Crippen molar-refractivity contribution in [2.45, 2.75) is 57.2 Å². The summed E-state index contributed by atoms with van der Waals surface area (Å²) in [7, 11) is -4.01. The van der Waals surface area contributed by atoms with Gasteiger partial charge in [0.2, 0.25) is 21.8 Å². The molecule has 0 radical (unpaired) electrons. The van der Waals surface area contributed by atoms with E-state index in [2.05, 4.69) is 5.32 Å². The van der Waals surface area contributed by atoms with Crippen LogP contribution in [0.3, 0.4) is 0 Å². The number of carbonyl (C=O) groups is 2. The summed E-state index contributed by atoms with van der Waals surface area (Å²) < 4.78 is 40.5. The highest BCUT2D eigenvalue weighted by Gasteiger charge is 2.34. The maximum atomic E-state index is 14.2. The third kappa shape index (κ3) is 8.46. The monoisotopic (exact) mass is 633 g/mol. The number of anilines is 1. The first-order valence-corrected chi connectivity index (χ1v) is 16.4. The zero-order valence-corrected chi connectivity index (χ0v) is 25.6. The number of halogens is 3. The molecule has 0 saturated heterocycles. The van der Waals surface area contributed by atoms with Crippen LogP contribution in [0.4, 0.5) is 10.1 Å². The summed E-state index contributed by atoms with van der Waals surface area (Å²) in [5.41, 5.74) is 1.47. The van der Waals surface area contributed by atoms with E-state index >= 15 is 0 Å². The fourth-order valence-corrected chi connectivity index (χ4v) is 6.37. The molecule has 3 aromatic carbocycles. The molecule has 3 aromatic rings. The lowest BCUT2D eigenvalue weighted by atomic mass is 9.94. The average Bonchev–Trinajstić information content (AvgIpc) is 2.96. The number of hydrogen-bond acceptors (Lipinski definition) is 4. The predicted octanol–water partition coefficient (Wildman–Crippen LogP) is 5.99. The summed E-state index contributed by atoms with van der Waals surface area (Å²) in [6.45, 7) is -0.664. The summed E-state index contributed by atoms with van der Waals surface area (Å²) in [6, 6.07) is 18.8. The minimum atomic E-state index is -4.01. The number of carbonyl (C=O) groups excluding carboxylic acids is 2. The first-order valence-electron chi connectivity index (χ1n) is 13.8. The van der Waals surface area contributed by atoms with Gasteiger partial charge >= 0.3 is 0 Å². The second-order valence-electron chi connectivity index (χ2n) is 10.5. The second kappa shape index (κ2) is 14.4. The van der Waals surface area contributed by atoms with Crippen LogP contribution in [-0.4, -0.2) is 50.0 Å². The highest BCUT2D eigenvalue weighted by molar-refractivity contribution is 7.92. The molecule has 0 aromatic heterocycles. The first-order chi connectivity index (χ1) is 20.0. The van der Waals surface area contributed by atoms with Crippen LogP contribution in [0.1, 0.15) is 43.2 Å². The van der Waals surface area contributed by atoms with E-state index in [9.17, 15) is 22.4 Å². The molecule has 1 fully saturated rings. The smallest absolute Gasteiger partial charge is 0.244 e. The van der Waals surface area contributed by atoms with Gasteiger partial charge in [-0.15, -0.1) is 0 Å². The van der Waals surface area contributed by atoms with Gasteiger partial charge in [-0.25, -0.2) is 12.8 Å². The minimum Gasteiger partial charge on any atom is -0.352 e. The average molecular weight is 635 g/mol. The number of amides is 2. The van der Waals surface area contributed by atoms with Crippen LogP contribution < -0.4 is 9.62 Å². The molecule has 1 atom stereocenters. The van der Waals surface area contributed by atoms with Crippen molar-refractivity contribution in [3.63, 3.8) is 0 Å². The Morgan fingerprint density at radius 3 is 2.26 bits per heavy atom. The van der Waals surface area contributed by atoms with Gasteiger partial charge in [0.05, 0.1) is 17.0 Å². The molecule has 11 heteroatoms. The molecule has 42 heavy (non-hydrogen) atoms. The zero-order chi connectivity index (χ0) is 30.3. The molecule has 1 N–H and O–H groups in total. The predicted molar refractivity (Wildman–Crippen MR) is 165 cm³/mol. The van der Waals surface area contributed by atoms with Crippen molar-refractivity contribution in [2.24, 2.45) is 0 Å². The van der Waals surface area contributed by atoms with Crippen molar-refractivity contribution < 1.29 is 22.4 Å². The van der Waals surface area contributed by atoms with Gasteiger partial charge in [0, 0.05) is 24.0 Å². The van der Waals surface area contributed by atoms with Gasteiger partial charge in [-0.1, -0.05) is 91.0 Å². The van der Waals surface area contributed by atoms with E-state index in [1.807, 2.05) is 30.3 Å². The van der Waals surface area contributed by atoms with Gasteiger partial charge in [0.25, 0.3) is 0 Å². The van der Waals surface area contributed by atoms with Crippen molar-refractivity contribution in [3.05, 3.63) is 99.8 Å². The van der Waals surface area contributed by atoms with Crippen LogP contribution >= 0.6 is 23.2 Å². The van der Waals surface area contributed by atoms with E-state index in [1.165, 1.54) is 11.0 Å². The lowest BCUT2D eigenvalue weighted by Gasteiger charge is -2.35. The third-order valence-corrected chi connectivity index (χ3v) is 9.19. The summed E-state index contributed by atoms with van der Waals surface area (Å²) in [5, 5.41) is 3.27. The maximum Gasteiger partial charge on any atom is 0.244 e. The molecule has 224 valence electrons. The van der Waals surface area contributed by atoms with Crippen molar-refractivity contribution in [3.8, 4) is 0 Å². The number of rotatable bonds is 11. The summed E-state index contributed by atoms with van der Waals surface area (Å²) in [6.07, 6.45) is 6.01. The van der Waals surface area contributed by atoms with Crippen LogP contribution in [0.5, 0.6) is 0 Å². The number of hydrogen-bond donors (Lipinski definition) is 1. The van der Waals surface area contributed by atoms with E-state index in [-0.39, 0.29) is 35.6 Å². The molecule has 0 bridgehead atoms. The molecular weight excluding hydrogens is 600 g/mol. The lowest BCUT2D eigenvalue weighted by Crippen LogP contribution is -2.55. The van der Waals surface area contributed by atoms with E-state index in [1.54, 1.807) is 24.3 Å². The largest absolute Gasteiger partial charge is 0.352 e. The second-order valence-corrected chi connectivity index (χ2v) is 13.3. The Kier molecular flexibility index (Phi) is 10.9. The molecule has 0 unspecified atom stereocenters. The molecule has 1 aliphatic carbocycles. The van der Waals surface area contributed by atoms with E-state index < -0.39 is 34.3 Å². The molecule has 0 aliphatic heterocycles. The SMILES string of the molecule is CS(=O)(=O)N(CC(=O)N(Cc1ccccc1Cl)[C@H](Cc1ccccc1)C(=O)NC1CCCCC1)c1ccc(F)c(Cl)c1. The summed E-state index contributed by atoms with van der Waals surface area (Å²) in [4.78, 5) is 29.5. The van der Waals surface area contributed by atoms with Crippen LogP contribution in [0.15, 0.2) is 72.8 Å². The summed E-state index contributed by atoms with van der Waals surface area (Å²) >= 11 is 12.4. The van der Waals surface area contributed by atoms with Crippen molar-refractivity contribution in [1.82, 2.24) is 10.2 Å². The van der Waals surface area contributed by atoms with Gasteiger partial charge in [-0.2, -0.15) is 0 Å².